The molecule has 0 fully saturated rings. The first kappa shape index (κ1) is 15.6. The highest BCUT2D eigenvalue weighted by atomic mass is 35.5. The Kier molecular flexibility index (Phi) is 4.61. The van der Waals surface area contributed by atoms with Crippen LogP contribution in [0.2, 0.25) is 9.36 Å². The standard InChI is InChI=1S/C12H12Cl2N2O2S2/c1-7-4-9(5-10(15)12(7)14)20(17,18)16-6-8-2-3-11(13)19-8/h2-5,16H,6,15H2,1H3. The predicted octanol–water partition coefficient (Wildman–Crippen LogP) is 3.42. The van der Waals surface area contributed by atoms with Gasteiger partial charge in [0.15, 0.2) is 0 Å². The molecular weight excluding hydrogens is 339 g/mol. The molecule has 0 saturated heterocycles. The Morgan fingerprint density at radius 3 is 2.55 bits per heavy atom. The average Bonchev–Trinajstić information content (AvgIpc) is 2.79. The van der Waals surface area contributed by atoms with E-state index in [1.807, 2.05) is 0 Å². The van der Waals surface area contributed by atoms with Crippen LogP contribution in [0.3, 0.4) is 0 Å². The van der Waals surface area contributed by atoms with E-state index in [0.717, 1.165) is 4.88 Å². The molecular formula is C12H12Cl2N2O2S2. The van der Waals surface area contributed by atoms with Crippen LogP contribution < -0.4 is 10.5 Å². The largest absolute Gasteiger partial charge is 0.397 e. The monoisotopic (exact) mass is 350 g/mol. The Morgan fingerprint density at radius 1 is 1.30 bits per heavy atom. The van der Waals surface area contributed by atoms with Gasteiger partial charge in [-0.2, -0.15) is 0 Å². The lowest BCUT2D eigenvalue weighted by Gasteiger charge is -2.09. The van der Waals surface area contributed by atoms with Gasteiger partial charge >= 0.3 is 0 Å². The van der Waals surface area contributed by atoms with Crippen LogP contribution in [0.5, 0.6) is 0 Å². The minimum atomic E-state index is -3.64. The summed E-state index contributed by atoms with van der Waals surface area (Å²) in [6.45, 7) is 1.89. The van der Waals surface area contributed by atoms with Crippen molar-refractivity contribution in [3.8, 4) is 0 Å². The first-order chi connectivity index (χ1) is 9.29. The Hall–Kier alpha value is -0.790. The summed E-state index contributed by atoms with van der Waals surface area (Å²) in [5, 5.41) is 0.369. The van der Waals surface area contributed by atoms with Gasteiger partial charge in [0.2, 0.25) is 10.0 Å². The van der Waals surface area contributed by atoms with Gasteiger partial charge in [0, 0.05) is 11.4 Å². The summed E-state index contributed by atoms with van der Waals surface area (Å²) in [4.78, 5) is 0.928. The lowest BCUT2D eigenvalue weighted by molar-refractivity contribution is 0.582. The van der Waals surface area contributed by atoms with Crippen LogP contribution in [-0.4, -0.2) is 8.42 Å². The second-order valence-corrected chi connectivity index (χ2v) is 8.12. The Morgan fingerprint density at radius 2 is 2.00 bits per heavy atom. The smallest absolute Gasteiger partial charge is 0.240 e. The summed E-state index contributed by atoms with van der Waals surface area (Å²) >= 11 is 13.0. The van der Waals surface area contributed by atoms with Crippen molar-refractivity contribution in [3.05, 3.63) is 44.1 Å². The van der Waals surface area contributed by atoms with E-state index in [-0.39, 0.29) is 17.1 Å². The maximum Gasteiger partial charge on any atom is 0.240 e. The average molecular weight is 351 g/mol. The van der Waals surface area contributed by atoms with Crippen molar-refractivity contribution >= 4 is 50.2 Å². The molecule has 0 aliphatic carbocycles. The number of sulfonamides is 1. The molecule has 4 nitrogen and oxygen atoms in total. The highest BCUT2D eigenvalue weighted by molar-refractivity contribution is 7.89. The Bertz CT molecular complexity index is 719. The van der Waals surface area contributed by atoms with E-state index in [9.17, 15) is 8.42 Å². The first-order valence-electron chi connectivity index (χ1n) is 5.59. The maximum atomic E-state index is 12.2. The first-order valence-corrected chi connectivity index (χ1v) is 8.64. The fourth-order valence-electron chi connectivity index (χ4n) is 1.61. The van der Waals surface area contributed by atoms with Crippen molar-refractivity contribution < 1.29 is 8.42 Å². The molecule has 1 aromatic heterocycles. The second kappa shape index (κ2) is 5.91. The normalized spacial score (nSPS) is 11.8. The van der Waals surface area contributed by atoms with Crippen molar-refractivity contribution in [1.29, 1.82) is 0 Å². The van der Waals surface area contributed by atoms with E-state index >= 15 is 0 Å². The highest BCUT2D eigenvalue weighted by Crippen LogP contribution is 2.27. The Balaban J connectivity index is 2.22. The second-order valence-electron chi connectivity index (χ2n) is 4.17. The number of aryl methyl sites for hydroxylation is 1. The minimum absolute atomic E-state index is 0.0968. The van der Waals surface area contributed by atoms with E-state index in [1.165, 1.54) is 23.5 Å². The van der Waals surface area contributed by atoms with Gasteiger partial charge in [0.05, 0.1) is 19.9 Å². The zero-order valence-corrected chi connectivity index (χ0v) is 13.6. The maximum absolute atomic E-state index is 12.2. The number of halogens is 2. The number of rotatable bonds is 4. The molecule has 0 aliphatic rings. The molecule has 2 aromatic rings. The number of nitrogens with one attached hydrogen (secondary N) is 1. The minimum Gasteiger partial charge on any atom is -0.397 e. The lowest BCUT2D eigenvalue weighted by Crippen LogP contribution is -2.23. The van der Waals surface area contributed by atoms with E-state index in [2.05, 4.69) is 4.72 Å². The third-order valence-corrected chi connectivity index (χ3v) is 5.76. The summed E-state index contributed by atoms with van der Waals surface area (Å²) in [5.41, 5.74) is 6.55. The molecule has 0 spiro atoms. The molecule has 0 atom stereocenters. The number of anilines is 1. The van der Waals surface area contributed by atoms with Crippen molar-refractivity contribution in [1.82, 2.24) is 4.72 Å². The molecule has 2 rings (SSSR count). The van der Waals surface area contributed by atoms with Crippen molar-refractivity contribution in [2.75, 3.05) is 5.73 Å². The lowest BCUT2D eigenvalue weighted by atomic mass is 10.2. The van der Waals surface area contributed by atoms with Gasteiger partial charge in [0.25, 0.3) is 0 Å². The van der Waals surface area contributed by atoms with Crippen LogP contribution in [-0.2, 0) is 16.6 Å². The third kappa shape index (κ3) is 3.45. The number of hydrogen-bond acceptors (Lipinski definition) is 4. The molecule has 1 heterocycles. The van der Waals surface area contributed by atoms with Crippen molar-refractivity contribution in [3.63, 3.8) is 0 Å². The molecule has 0 bridgehead atoms. The number of nitrogen functional groups attached to an aromatic ring is 1. The van der Waals surface area contributed by atoms with E-state index in [4.69, 9.17) is 28.9 Å². The molecule has 0 unspecified atom stereocenters. The van der Waals surface area contributed by atoms with E-state index in [1.54, 1.807) is 19.1 Å². The van der Waals surface area contributed by atoms with Crippen LogP contribution in [0.1, 0.15) is 10.4 Å². The van der Waals surface area contributed by atoms with E-state index < -0.39 is 10.0 Å². The molecule has 0 radical (unpaired) electrons. The van der Waals surface area contributed by atoms with Gasteiger partial charge < -0.3 is 5.73 Å². The molecule has 0 aliphatic heterocycles. The van der Waals surface area contributed by atoms with E-state index in [0.29, 0.717) is 14.9 Å². The molecule has 108 valence electrons. The summed E-state index contributed by atoms with van der Waals surface area (Å²) in [6.07, 6.45) is 0. The zero-order chi connectivity index (χ0) is 14.9. The van der Waals surface area contributed by atoms with Crippen LogP contribution in [0.4, 0.5) is 5.69 Å². The number of thiophene rings is 1. The summed E-state index contributed by atoms with van der Waals surface area (Å²) < 4.78 is 27.5. The van der Waals surface area contributed by atoms with Crippen LogP contribution in [0.25, 0.3) is 0 Å². The molecule has 8 heteroatoms. The van der Waals surface area contributed by atoms with Gasteiger partial charge in [-0.25, -0.2) is 13.1 Å². The van der Waals surface area contributed by atoms with Crippen molar-refractivity contribution in [2.45, 2.75) is 18.4 Å². The predicted molar refractivity (Wildman–Crippen MR) is 84.0 cm³/mol. The van der Waals surface area contributed by atoms with Gasteiger partial charge in [-0.3, -0.25) is 0 Å². The number of nitrogens with two attached hydrogens (primary N) is 1. The van der Waals surface area contributed by atoms with Gasteiger partial charge in [0.1, 0.15) is 0 Å². The summed E-state index contributed by atoms with van der Waals surface area (Å²) in [6, 6.07) is 6.33. The third-order valence-electron chi connectivity index (χ3n) is 2.63. The van der Waals surface area contributed by atoms with Crippen LogP contribution in [0.15, 0.2) is 29.2 Å². The number of hydrogen-bond donors (Lipinski definition) is 2. The Labute approximate surface area is 131 Å². The molecule has 3 N–H and O–H groups in total. The molecule has 0 saturated carbocycles. The topological polar surface area (TPSA) is 72.2 Å². The highest BCUT2D eigenvalue weighted by Gasteiger charge is 2.17. The zero-order valence-electron chi connectivity index (χ0n) is 10.5. The van der Waals surface area contributed by atoms with Crippen LogP contribution in [0, 0.1) is 6.92 Å². The van der Waals surface area contributed by atoms with Crippen LogP contribution >= 0.6 is 34.5 Å². The fraction of sp³-hybridized carbons (Fsp3) is 0.167. The number of benzene rings is 1. The molecule has 20 heavy (non-hydrogen) atoms. The van der Waals surface area contributed by atoms with Gasteiger partial charge in [-0.15, -0.1) is 11.3 Å². The SMILES string of the molecule is Cc1cc(S(=O)(=O)NCc2ccc(Cl)s2)cc(N)c1Cl. The van der Waals surface area contributed by atoms with Gasteiger partial charge in [-0.1, -0.05) is 23.2 Å². The molecule has 0 amide bonds. The fourth-order valence-corrected chi connectivity index (χ4v) is 3.97. The molecule has 1 aromatic carbocycles. The summed E-state index contributed by atoms with van der Waals surface area (Å²) in [5.74, 6) is 0. The quantitative estimate of drug-likeness (QED) is 0.829. The summed E-state index contributed by atoms with van der Waals surface area (Å²) in [7, 11) is -3.64. The van der Waals surface area contributed by atoms with Crippen molar-refractivity contribution in [2.24, 2.45) is 0 Å². The van der Waals surface area contributed by atoms with Gasteiger partial charge in [-0.05, 0) is 36.8 Å².